The molecular formula is C16H24INS2. The summed E-state index contributed by atoms with van der Waals surface area (Å²) < 4.78 is 1.97. The van der Waals surface area contributed by atoms with Crippen molar-refractivity contribution >= 4 is 45.7 Å². The molecular weight excluding hydrogens is 397 g/mol. The molecule has 1 atom stereocenters. The topological polar surface area (TPSA) is 12.0 Å². The van der Waals surface area contributed by atoms with Gasteiger partial charge in [0.15, 0.2) is 0 Å². The van der Waals surface area contributed by atoms with Crippen molar-refractivity contribution in [2.75, 3.05) is 12.8 Å². The van der Waals surface area contributed by atoms with Gasteiger partial charge >= 0.3 is 0 Å². The lowest BCUT2D eigenvalue weighted by molar-refractivity contribution is 0.351. The maximum absolute atomic E-state index is 3.94. The summed E-state index contributed by atoms with van der Waals surface area (Å²) >= 11 is 6.59. The van der Waals surface area contributed by atoms with Crippen LogP contribution in [0.5, 0.6) is 0 Å². The first-order valence-electron chi connectivity index (χ1n) is 7.79. The van der Waals surface area contributed by atoms with Gasteiger partial charge in [0.2, 0.25) is 0 Å². The van der Waals surface area contributed by atoms with Gasteiger partial charge in [0.1, 0.15) is 0 Å². The van der Waals surface area contributed by atoms with Crippen LogP contribution in [0.3, 0.4) is 0 Å². The summed E-state index contributed by atoms with van der Waals surface area (Å²) in [6, 6.07) is 3.04. The molecule has 1 unspecified atom stereocenters. The van der Waals surface area contributed by atoms with E-state index >= 15 is 0 Å². The Morgan fingerprint density at radius 2 is 2.15 bits per heavy atom. The monoisotopic (exact) mass is 421 g/mol. The third kappa shape index (κ3) is 3.39. The van der Waals surface area contributed by atoms with Crippen molar-refractivity contribution in [1.29, 1.82) is 0 Å². The van der Waals surface area contributed by atoms with Crippen molar-refractivity contribution in [3.05, 3.63) is 19.4 Å². The van der Waals surface area contributed by atoms with E-state index in [1.165, 1.54) is 60.8 Å². The lowest BCUT2D eigenvalue weighted by Gasteiger charge is -2.38. The average molecular weight is 421 g/mol. The maximum Gasteiger partial charge on any atom is 0.0659 e. The third-order valence-corrected chi connectivity index (χ3v) is 8.34. The molecule has 1 N–H and O–H groups in total. The molecule has 112 valence electrons. The van der Waals surface area contributed by atoms with Gasteiger partial charge in [-0.15, -0.1) is 11.3 Å². The van der Waals surface area contributed by atoms with E-state index in [1.807, 2.05) is 11.3 Å². The molecule has 1 aromatic rings. The minimum absolute atomic E-state index is 0.513. The summed E-state index contributed by atoms with van der Waals surface area (Å²) in [5, 5.41) is 3.94. The zero-order chi connectivity index (χ0) is 14.0. The van der Waals surface area contributed by atoms with Gasteiger partial charge in [-0.2, -0.15) is 11.8 Å². The van der Waals surface area contributed by atoms with Crippen LogP contribution in [-0.2, 0) is 6.42 Å². The Kier molecular flexibility index (Phi) is 5.38. The molecule has 20 heavy (non-hydrogen) atoms. The van der Waals surface area contributed by atoms with Crippen molar-refractivity contribution in [3.63, 3.8) is 0 Å². The zero-order valence-corrected chi connectivity index (χ0v) is 16.0. The molecule has 0 aromatic carbocycles. The molecule has 0 aliphatic heterocycles. The largest absolute Gasteiger partial charge is 0.309 e. The quantitative estimate of drug-likeness (QED) is 0.655. The average Bonchev–Trinajstić information content (AvgIpc) is 2.87. The van der Waals surface area contributed by atoms with E-state index in [0.717, 1.165) is 0 Å². The molecule has 0 bridgehead atoms. The van der Waals surface area contributed by atoms with E-state index in [2.05, 4.69) is 52.0 Å². The molecule has 2 aliphatic rings. The summed E-state index contributed by atoms with van der Waals surface area (Å²) in [5.74, 6) is 0. The summed E-state index contributed by atoms with van der Waals surface area (Å²) in [4.78, 5) is 1.64. The van der Waals surface area contributed by atoms with Crippen LogP contribution in [0.15, 0.2) is 6.07 Å². The van der Waals surface area contributed by atoms with Crippen LogP contribution in [-0.4, -0.2) is 17.5 Å². The fraction of sp³-hybridized carbons (Fsp3) is 0.750. The second kappa shape index (κ2) is 6.88. The second-order valence-electron chi connectivity index (χ2n) is 6.20. The number of thioether (sulfide) groups is 1. The Labute approximate surface area is 144 Å². The lowest BCUT2D eigenvalue weighted by atomic mass is 9.87. The van der Waals surface area contributed by atoms with Gasteiger partial charge in [-0.1, -0.05) is 19.3 Å². The first-order valence-corrected chi connectivity index (χ1v) is 10.9. The van der Waals surface area contributed by atoms with E-state index in [9.17, 15) is 0 Å². The molecule has 1 fully saturated rings. The number of aryl methyl sites for hydroxylation is 1. The van der Waals surface area contributed by atoms with E-state index in [4.69, 9.17) is 0 Å². The Balaban J connectivity index is 1.66. The van der Waals surface area contributed by atoms with Crippen molar-refractivity contribution in [2.45, 2.75) is 62.2 Å². The molecule has 1 saturated carbocycles. The van der Waals surface area contributed by atoms with Crippen LogP contribution < -0.4 is 5.32 Å². The van der Waals surface area contributed by atoms with E-state index in [1.54, 1.807) is 10.4 Å². The first-order chi connectivity index (χ1) is 9.72. The van der Waals surface area contributed by atoms with Gasteiger partial charge in [-0.05, 0) is 72.6 Å². The fourth-order valence-electron chi connectivity index (χ4n) is 3.69. The summed E-state index contributed by atoms with van der Waals surface area (Å²) in [7, 11) is 0. The second-order valence-corrected chi connectivity index (χ2v) is 10.5. The van der Waals surface area contributed by atoms with Gasteiger partial charge in [0.05, 0.1) is 2.88 Å². The number of hydrogen-bond donors (Lipinski definition) is 1. The Bertz CT molecular complexity index is 451. The maximum atomic E-state index is 3.94. The smallest absolute Gasteiger partial charge is 0.0659 e. The summed E-state index contributed by atoms with van der Waals surface area (Å²) in [5.41, 5.74) is 1.61. The minimum atomic E-state index is 0.513. The van der Waals surface area contributed by atoms with Gasteiger partial charge < -0.3 is 5.32 Å². The molecule has 1 heterocycles. The highest BCUT2D eigenvalue weighted by Gasteiger charge is 2.32. The number of halogens is 1. The van der Waals surface area contributed by atoms with Crippen molar-refractivity contribution in [1.82, 2.24) is 5.32 Å². The summed E-state index contributed by atoms with van der Waals surface area (Å²) in [6.45, 7) is 1.20. The highest BCUT2D eigenvalue weighted by molar-refractivity contribution is 14.1. The van der Waals surface area contributed by atoms with Gasteiger partial charge in [0.25, 0.3) is 0 Å². The number of hydrogen-bond acceptors (Lipinski definition) is 3. The lowest BCUT2D eigenvalue weighted by Crippen LogP contribution is -2.41. The van der Waals surface area contributed by atoms with Crippen molar-refractivity contribution in [2.24, 2.45) is 0 Å². The molecule has 0 saturated heterocycles. The number of rotatable bonds is 4. The van der Waals surface area contributed by atoms with Crippen LogP contribution >= 0.6 is 45.7 Å². The summed E-state index contributed by atoms with van der Waals surface area (Å²) in [6.07, 6.45) is 13.4. The fourth-order valence-corrected chi connectivity index (χ4v) is 6.74. The molecule has 0 spiro atoms. The van der Waals surface area contributed by atoms with Crippen LogP contribution in [0.2, 0.25) is 0 Å². The Morgan fingerprint density at radius 3 is 2.90 bits per heavy atom. The van der Waals surface area contributed by atoms with Gasteiger partial charge in [-0.25, -0.2) is 0 Å². The number of thiophene rings is 1. The SMILES string of the molecule is CSC1(CNC2CCCc3sc(I)cc32)CCCCC1. The molecule has 2 aliphatic carbocycles. The third-order valence-electron chi connectivity index (χ3n) is 4.95. The Hall–Kier alpha value is 0.740. The molecule has 0 radical (unpaired) electrons. The van der Waals surface area contributed by atoms with Gasteiger partial charge in [-0.3, -0.25) is 0 Å². The molecule has 3 rings (SSSR count). The van der Waals surface area contributed by atoms with Crippen LogP contribution in [0, 0.1) is 2.88 Å². The van der Waals surface area contributed by atoms with Crippen LogP contribution in [0.1, 0.15) is 61.4 Å². The predicted molar refractivity (Wildman–Crippen MR) is 100 cm³/mol. The van der Waals surface area contributed by atoms with Crippen LogP contribution in [0.25, 0.3) is 0 Å². The molecule has 0 amide bonds. The highest BCUT2D eigenvalue weighted by atomic mass is 127. The van der Waals surface area contributed by atoms with E-state index < -0.39 is 0 Å². The van der Waals surface area contributed by atoms with Crippen molar-refractivity contribution in [3.8, 4) is 0 Å². The molecule has 1 nitrogen and oxygen atoms in total. The molecule has 1 aromatic heterocycles. The van der Waals surface area contributed by atoms with Gasteiger partial charge in [0, 0.05) is 22.2 Å². The normalized spacial score (nSPS) is 25.4. The first kappa shape index (κ1) is 15.6. The highest BCUT2D eigenvalue weighted by Crippen LogP contribution is 2.40. The predicted octanol–water partition coefficient (Wildman–Crippen LogP) is 5.39. The number of nitrogens with one attached hydrogen (secondary N) is 1. The molecule has 4 heteroatoms. The van der Waals surface area contributed by atoms with E-state index in [-0.39, 0.29) is 0 Å². The number of fused-ring (bicyclic) bond motifs is 1. The van der Waals surface area contributed by atoms with E-state index in [0.29, 0.717) is 10.8 Å². The van der Waals surface area contributed by atoms with Crippen molar-refractivity contribution < 1.29 is 0 Å². The minimum Gasteiger partial charge on any atom is -0.309 e. The Morgan fingerprint density at radius 1 is 1.35 bits per heavy atom. The standard InChI is InChI=1S/C16H24INS2/c1-19-16(8-3-2-4-9-16)11-18-13-6-5-7-14-12(13)10-15(17)20-14/h10,13,18H,2-9,11H2,1H3. The van der Waals surface area contributed by atoms with Crippen LogP contribution in [0.4, 0.5) is 0 Å². The zero-order valence-electron chi connectivity index (χ0n) is 12.2.